The zero-order chi connectivity index (χ0) is 19.5. The molecule has 0 bridgehead atoms. The number of pyridine rings is 2. The number of aryl methyl sites for hydroxylation is 2. The lowest BCUT2D eigenvalue weighted by Crippen LogP contribution is -2.46. The predicted octanol–water partition coefficient (Wildman–Crippen LogP) is 6.32. The number of hydrogen-bond donors (Lipinski definition) is 0. The molecule has 3 nitrogen and oxygen atoms in total. The lowest BCUT2D eigenvalue weighted by Gasteiger charge is -2.46. The van der Waals surface area contributed by atoms with E-state index in [1.807, 2.05) is 25.4 Å². The van der Waals surface area contributed by atoms with Crippen molar-refractivity contribution < 1.29 is 4.74 Å². The highest BCUT2D eigenvalue weighted by molar-refractivity contribution is 9.10. The van der Waals surface area contributed by atoms with Crippen molar-refractivity contribution in [3.05, 3.63) is 58.1 Å². The Bertz CT molecular complexity index is 788. The van der Waals surface area contributed by atoms with Crippen molar-refractivity contribution in [3.8, 4) is 0 Å². The molecule has 1 saturated heterocycles. The smallest absolute Gasteiger partial charge is 0.0691 e. The van der Waals surface area contributed by atoms with Gasteiger partial charge in [0.2, 0.25) is 0 Å². The SMILES string of the molecule is Cc1ncc(CCCC[C@@]2(c3ccccn3)CCOC3(CCCC3)C2)cc1Br. The Morgan fingerprint density at radius 3 is 2.71 bits per heavy atom. The summed E-state index contributed by atoms with van der Waals surface area (Å²) in [6.07, 6.45) is 16.0. The molecule has 2 fully saturated rings. The summed E-state index contributed by atoms with van der Waals surface area (Å²) in [4.78, 5) is 9.30. The van der Waals surface area contributed by atoms with E-state index >= 15 is 0 Å². The molecule has 0 unspecified atom stereocenters. The molecule has 2 aromatic rings. The Kier molecular flexibility index (Phi) is 6.17. The molecule has 0 N–H and O–H groups in total. The van der Waals surface area contributed by atoms with E-state index in [0.29, 0.717) is 0 Å². The molecule has 3 heterocycles. The number of nitrogens with zero attached hydrogens (tertiary/aromatic N) is 2. The summed E-state index contributed by atoms with van der Waals surface area (Å²) in [5.41, 5.74) is 3.95. The minimum absolute atomic E-state index is 0.113. The maximum absolute atomic E-state index is 6.36. The Labute approximate surface area is 177 Å². The van der Waals surface area contributed by atoms with Crippen molar-refractivity contribution in [3.63, 3.8) is 0 Å². The highest BCUT2D eigenvalue weighted by Crippen LogP contribution is 2.50. The van der Waals surface area contributed by atoms with Crippen LogP contribution < -0.4 is 0 Å². The fourth-order valence-corrected chi connectivity index (χ4v) is 5.67. The van der Waals surface area contributed by atoms with Crippen LogP contribution in [-0.4, -0.2) is 22.2 Å². The van der Waals surface area contributed by atoms with Crippen LogP contribution in [0.1, 0.15) is 74.7 Å². The average Bonchev–Trinajstić information content (AvgIpc) is 3.16. The van der Waals surface area contributed by atoms with Crippen LogP contribution in [0.3, 0.4) is 0 Å². The van der Waals surface area contributed by atoms with Crippen LogP contribution in [0.25, 0.3) is 0 Å². The first kappa shape index (κ1) is 20.0. The van der Waals surface area contributed by atoms with Gasteiger partial charge in [0.05, 0.1) is 11.3 Å². The monoisotopic (exact) mass is 442 g/mol. The van der Waals surface area contributed by atoms with Crippen LogP contribution in [0.15, 0.2) is 41.1 Å². The lowest BCUT2D eigenvalue weighted by molar-refractivity contribution is -0.104. The van der Waals surface area contributed by atoms with E-state index in [9.17, 15) is 0 Å². The van der Waals surface area contributed by atoms with Crippen molar-refractivity contribution >= 4 is 15.9 Å². The topological polar surface area (TPSA) is 35.0 Å². The molecule has 0 radical (unpaired) electrons. The van der Waals surface area contributed by atoms with Gasteiger partial charge in [-0.2, -0.15) is 0 Å². The van der Waals surface area contributed by atoms with E-state index < -0.39 is 0 Å². The number of rotatable bonds is 6. The van der Waals surface area contributed by atoms with Gasteiger partial charge in [0.25, 0.3) is 0 Å². The molecule has 0 aromatic carbocycles. The van der Waals surface area contributed by atoms with Crippen molar-refractivity contribution in [1.29, 1.82) is 0 Å². The highest BCUT2D eigenvalue weighted by Gasteiger charge is 2.48. The van der Waals surface area contributed by atoms with Crippen molar-refractivity contribution in [2.45, 2.75) is 82.1 Å². The molecule has 2 aliphatic rings. The van der Waals surface area contributed by atoms with Crippen LogP contribution in [0.4, 0.5) is 0 Å². The van der Waals surface area contributed by atoms with Crippen LogP contribution in [0, 0.1) is 6.92 Å². The Balaban J connectivity index is 1.45. The van der Waals surface area contributed by atoms with Gasteiger partial charge >= 0.3 is 0 Å². The van der Waals surface area contributed by atoms with Gasteiger partial charge in [-0.3, -0.25) is 9.97 Å². The van der Waals surface area contributed by atoms with Gasteiger partial charge in [-0.1, -0.05) is 25.3 Å². The summed E-state index contributed by atoms with van der Waals surface area (Å²) in [6.45, 7) is 2.92. The Hall–Kier alpha value is -1.26. The van der Waals surface area contributed by atoms with Gasteiger partial charge in [-0.15, -0.1) is 0 Å². The quantitative estimate of drug-likeness (QED) is 0.490. The summed E-state index contributed by atoms with van der Waals surface area (Å²) in [7, 11) is 0. The van der Waals surface area contributed by atoms with Gasteiger partial charge in [0, 0.05) is 34.6 Å². The average molecular weight is 443 g/mol. The summed E-state index contributed by atoms with van der Waals surface area (Å²) < 4.78 is 7.48. The largest absolute Gasteiger partial charge is 0.375 e. The second-order valence-corrected chi connectivity index (χ2v) is 9.63. The molecular formula is C24H31BrN2O. The number of hydrogen-bond acceptors (Lipinski definition) is 3. The molecule has 1 saturated carbocycles. The highest BCUT2D eigenvalue weighted by atomic mass is 79.9. The second kappa shape index (κ2) is 8.62. The van der Waals surface area contributed by atoms with E-state index in [-0.39, 0.29) is 11.0 Å². The van der Waals surface area contributed by atoms with Crippen molar-refractivity contribution in [2.24, 2.45) is 0 Å². The lowest BCUT2D eigenvalue weighted by atomic mass is 9.67. The molecule has 1 spiro atoms. The molecule has 0 amide bonds. The van der Waals surface area contributed by atoms with E-state index in [0.717, 1.165) is 36.0 Å². The van der Waals surface area contributed by atoms with Crippen LogP contribution in [0.2, 0.25) is 0 Å². The Morgan fingerprint density at radius 2 is 1.96 bits per heavy atom. The second-order valence-electron chi connectivity index (χ2n) is 8.78. The van der Waals surface area contributed by atoms with Gasteiger partial charge in [-0.25, -0.2) is 0 Å². The van der Waals surface area contributed by atoms with Gasteiger partial charge in [0.1, 0.15) is 0 Å². The van der Waals surface area contributed by atoms with Gasteiger partial charge < -0.3 is 4.74 Å². The number of ether oxygens (including phenoxy) is 1. The third-order valence-electron chi connectivity index (χ3n) is 6.83. The number of halogens is 1. The molecule has 4 rings (SSSR count). The zero-order valence-corrected chi connectivity index (χ0v) is 18.5. The van der Waals surface area contributed by atoms with Crippen LogP contribution in [-0.2, 0) is 16.6 Å². The van der Waals surface area contributed by atoms with E-state index in [2.05, 4.69) is 39.1 Å². The predicted molar refractivity (Wildman–Crippen MR) is 117 cm³/mol. The minimum Gasteiger partial charge on any atom is -0.375 e. The molecular weight excluding hydrogens is 412 g/mol. The molecule has 28 heavy (non-hydrogen) atoms. The first-order valence-corrected chi connectivity index (χ1v) is 11.6. The third-order valence-corrected chi connectivity index (χ3v) is 7.63. The minimum atomic E-state index is 0.113. The molecule has 150 valence electrons. The maximum Gasteiger partial charge on any atom is 0.0691 e. The van der Waals surface area contributed by atoms with E-state index in [1.54, 1.807) is 0 Å². The third kappa shape index (κ3) is 4.33. The summed E-state index contributed by atoms with van der Waals surface area (Å²) in [5.74, 6) is 0. The zero-order valence-electron chi connectivity index (χ0n) is 16.9. The fraction of sp³-hybridized carbons (Fsp3) is 0.583. The van der Waals surface area contributed by atoms with Crippen molar-refractivity contribution in [1.82, 2.24) is 9.97 Å². The fourth-order valence-electron chi connectivity index (χ4n) is 5.27. The van der Waals surface area contributed by atoms with E-state index in [4.69, 9.17) is 9.72 Å². The van der Waals surface area contributed by atoms with Gasteiger partial charge in [-0.05, 0) is 91.6 Å². The first-order chi connectivity index (χ1) is 13.6. The molecule has 1 aliphatic heterocycles. The number of aromatic nitrogens is 2. The molecule has 2 aromatic heterocycles. The first-order valence-electron chi connectivity index (χ1n) is 10.8. The molecule has 4 heteroatoms. The molecule has 1 atom stereocenters. The summed E-state index contributed by atoms with van der Waals surface area (Å²) in [5, 5.41) is 0. The molecule has 1 aliphatic carbocycles. The van der Waals surface area contributed by atoms with E-state index in [1.165, 1.54) is 56.2 Å². The Morgan fingerprint density at radius 1 is 1.11 bits per heavy atom. The van der Waals surface area contributed by atoms with Crippen LogP contribution in [0.5, 0.6) is 0 Å². The summed E-state index contributed by atoms with van der Waals surface area (Å²) >= 11 is 3.61. The number of unbranched alkanes of at least 4 members (excludes halogenated alkanes) is 1. The van der Waals surface area contributed by atoms with Crippen LogP contribution >= 0.6 is 15.9 Å². The normalized spacial score (nSPS) is 23.9. The maximum atomic E-state index is 6.36. The summed E-state index contributed by atoms with van der Waals surface area (Å²) in [6, 6.07) is 8.65. The van der Waals surface area contributed by atoms with Gasteiger partial charge in [0.15, 0.2) is 0 Å². The standard InChI is InChI=1S/C24H31BrN2O/c1-19-21(25)16-20(17-27-19)8-2-4-10-23(22-9-3-7-14-26-22)13-15-28-24(18-23)11-5-6-12-24/h3,7,9,14,16-17H,2,4-6,8,10-13,15,18H2,1H3/t23-/m1/s1. The van der Waals surface area contributed by atoms with Crippen molar-refractivity contribution in [2.75, 3.05) is 6.61 Å².